The standard InChI is InChI=1S/C17H19NO3S/c1-2-14(15-8-5-11-22-15)18-16(19)10-9-12-6-3-4-7-13(12)17(20)21/h3-8,11,14H,2,9-10H2,1H3,(H,18,19)(H,20,21). The first-order valence-corrected chi connectivity index (χ1v) is 8.13. The van der Waals surface area contributed by atoms with Crippen molar-refractivity contribution < 1.29 is 14.7 Å². The van der Waals surface area contributed by atoms with E-state index < -0.39 is 5.97 Å². The molecular weight excluding hydrogens is 298 g/mol. The Balaban J connectivity index is 1.94. The number of aryl methyl sites for hydroxylation is 1. The molecular formula is C17H19NO3S. The van der Waals surface area contributed by atoms with Gasteiger partial charge in [-0.05, 0) is 35.9 Å². The molecule has 1 aromatic carbocycles. The van der Waals surface area contributed by atoms with Crippen molar-refractivity contribution in [3.05, 3.63) is 57.8 Å². The van der Waals surface area contributed by atoms with Gasteiger partial charge in [0.1, 0.15) is 0 Å². The van der Waals surface area contributed by atoms with Crippen LogP contribution in [0.1, 0.15) is 46.6 Å². The minimum Gasteiger partial charge on any atom is -0.478 e. The minimum atomic E-state index is -0.957. The third-order valence-electron chi connectivity index (χ3n) is 3.50. The predicted molar refractivity (Wildman–Crippen MR) is 87.2 cm³/mol. The molecule has 22 heavy (non-hydrogen) atoms. The van der Waals surface area contributed by atoms with Crippen molar-refractivity contribution >= 4 is 23.2 Å². The lowest BCUT2D eigenvalue weighted by molar-refractivity contribution is -0.121. The SMILES string of the molecule is CCC(NC(=O)CCc1ccccc1C(=O)O)c1cccs1. The molecule has 0 aliphatic rings. The molecule has 0 bridgehead atoms. The van der Waals surface area contributed by atoms with Gasteiger partial charge in [0.15, 0.2) is 0 Å². The normalized spacial score (nSPS) is 11.9. The summed E-state index contributed by atoms with van der Waals surface area (Å²) in [5, 5.41) is 14.1. The van der Waals surface area contributed by atoms with Crippen LogP contribution in [-0.4, -0.2) is 17.0 Å². The maximum absolute atomic E-state index is 12.1. The first kappa shape index (κ1) is 16.2. The summed E-state index contributed by atoms with van der Waals surface area (Å²) in [7, 11) is 0. The van der Waals surface area contributed by atoms with Gasteiger partial charge >= 0.3 is 5.97 Å². The molecule has 5 heteroatoms. The van der Waals surface area contributed by atoms with Gasteiger partial charge in [-0.2, -0.15) is 0 Å². The summed E-state index contributed by atoms with van der Waals surface area (Å²) in [6, 6.07) is 10.8. The summed E-state index contributed by atoms with van der Waals surface area (Å²) >= 11 is 1.63. The fourth-order valence-electron chi connectivity index (χ4n) is 2.33. The van der Waals surface area contributed by atoms with Gasteiger partial charge in [-0.3, -0.25) is 4.79 Å². The van der Waals surface area contributed by atoms with Crippen LogP contribution < -0.4 is 5.32 Å². The molecule has 116 valence electrons. The number of nitrogens with one attached hydrogen (secondary N) is 1. The Morgan fingerprint density at radius 1 is 1.23 bits per heavy atom. The molecule has 0 saturated heterocycles. The van der Waals surface area contributed by atoms with E-state index in [1.54, 1.807) is 35.6 Å². The molecule has 2 aromatic rings. The number of hydrogen-bond donors (Lipinski definition) is 2. The van der Waals surface area contributed by atoms with Gasteiger partial charge in [0.2, 0.25) is 5.91 Å². The highest BCUT2D eigenvalue weighted by molar-refractivity contribution is 7.10. The highest BCUT2D eigenvalue weighted by Gasteiger charge is 2.15. The fraction of sp³-hybridized carbons (Fsp3) is 0.294. The summed E-state index contributed by atoms with van der Waals surface area (Å²) in [5.41, 5.74) is 0.954. The van der Waals surface area contributed by atoms with E-state index in [4.69, 9.17) is 5.11 Å². The number of benzene rings is 1. The summed E-state index contributed by atoms with van der Waals surface area (Å²) in [6.45, 7) is 2.03. The molecule has 1 aromatic heterocycles. The Morgan fingerprint density at radius 2 is 2.00 bits per heavy atom. The average molecular weight is 317 g/mol. The fourth-order valence-corrected chi connectivity index (χ4v) is 3.19. The van der Waals surface area contributed by atoms with Crippen molar-refractivity contribution in [2.45, 2.75) is 32.2 Å². The second-order valence-corrected chi connectivity index (χ2v) is 5.99. The summed E-state index contributed by atoms with van der Waals surface area (Å²) in [4.78, 5) is 24.4. The lowest BCUT2D eigenvalue weighted by Crippen LogP contribution is -2.27. The minimum absolute atomic E-state index is 0.0298. The highest BCUT2D eigenvalue weighted by atomic mass is 32.1. The molecule has 0 aliphatic carbocycles. The molecule has 0 aliphatic heterocycles. The van der Waals surface area contributed by atoms with Gasteiger partial charge in [-0.1, -0.05) is 31.2 Å². The van der Waals surface area contributed by atoms with Crippen molar-refractivity contribution in [2.24, 2.45) is 0 Å². The summed E-state index contributed by atoms with van der Waals surface area (Å²) in [6.07, 6.45) is 1.54. The Kier molecular flexibility index (Phi) is 5.72. The van der Waals surface area contributed by atoms with Crippen molar-refractivity contribution in [2.75, 3.05) is 0 Å². The molecule has 1 amide bonds. The molecule has 0 radical (unpaired) electrons. The average Bonchev–Trinajstić information content (AvgIpc) is 3.05. The van der Waals surface area contributed by atoms with Gasteiger partial charge in [-0.25, -0.2) is 4.79 Å². The molecule has 1 atom stereocenters. The number of carboxylic acids is 1. The van der Waals surface area contributed by atoms with Crippen LogP contribution in [0.4, 0.5) is 0 Å². The lowest BCUT2D eigenvalue weighted by Gasteiger charge is -2.15. The Hall–Kier alpha value is -2.14. The van der Waals surface area contributed by atoms with Crippen molar-refractivity contribution in [1.82, 2.24) is 5.32 Å². The second-order valence-electron chi connectivity index (χ2n) is 5.01. The maximum Gasteiger partial charge on any atom is 0.335 e. The lowest BCUT2D eigenvalue weighted by atomic mass is 10.0. The van der Waals surface area contributed by atoms with E-state index >= 15 is 0 Å². The van der Waals surface area contributed by atoms with E-state index in [0.717, 1.165) is 11.3 Å². The van der Waals surface area contributed by atoms with Crippen LogP contribution in [0.15, 0.2) is 41.8 Å². The van der Waals surface area contributed by atoms with Crippen LogP contribution in [0, 0.1) is 0 Å². The Bertz CT molecular complexity index is 637. The highest BCUT2D eigenvalue weighted by Crippen LogP contribution is 2.22. The molecule has 0 spiro atoms. The van der Waals surface area contributed by atoms with Crippen LogP contribution in [0.25, 0.3) is 0 Å². The Morgan fingerprint density at radius 3 is 2.64 bits per heavy atom. The van der Waals surface area contributed by atoms with E-state index in [-0.39, 0.29) is 23.9 Å². The van der Waals surface area contributed by atoms with Crippen molar-refractivity contribution in [3.63, 3.8) is 0 Å². The van der Waals surface area contributed by atoms with Gasteiger partial charge < -0.3 is 10.4 Å². The van der Waals surface area contributed by atoms with Gasteiger partial charge in [0, 0.05) is 11.3 Å². The zero-order valence-electron chi connectivity index (χ0n) is 12.4. The quantitative estimate of drug-likeness (QED) is 0.819. The zero-order chi connectivity index (χ0) is 15.9. The van der Waals surface area contributed by atoms with Gasteiger partial charge in [-0.15, -0.1) is 11.3 Å². The van der Waals surface area contributed by atoms with Crippen LogP contribution in [0.2, 0.25) is 0 Å². The zero-order valence-corrected chi connectivity index (χ0v) is 13.2. The number of rotatable bonds is 7. The van der Waals surface area contributed by atoms with E-state index in [2.05, 4.69) is 5.32 Å². The molecule has 2 rings (SSSR count). The van der Waals surface area contributed by atoms with E-state index in [9.17, 15) is 9.59 Å². The van der Waals surface area contributed by atoms with Gasteiger partial charge in [0.05, 0.1) is 11.6 Å². The molecule has 0 saturated carbocycles. The first-order valence-electron chi connectivity index (χ1n) is 7.25. The molecule has 1 heterocycles. The van der Waals surface area contributed by atoms with Crippen LogP contribution in [0.3, 0.4) is 0 Å². The van der Waals surface area contributed by atoms with Crippen LogP contribution in [-0.2, 0) is 11.2 Å². The van der Waals surface area contributed by atoms with Crippen LogP contribution in [0.5, 0.6) is 0 Å². The molecule has 1 unspecified atom stereocenters. The Labute approximate surface area is 133 Å². The smallest absolute Gasteiger partial charge is 0.335 e. The summed E-state index contributed by atoms with van der Waals surface area (Å²) < 4.78 is 0. The number of aromatic carboxylic acids is 1. The van der Waals surface area contributed by atoms with E-state index in [1.807, 2.05) is 24.4 Å². The van der Waals surface area contributed by atoms with Crippen molar-refractivity contribution in [3.8, 4) is 0 Å². The number of carboxylic acid groups (broad SMARTS) is 1. The topological polar surface area (TPSA) is 66.4 Å². The number of amides is 1. The largest absolute Gasteiger partial charge is 0.478 e. The van der Waals surface area contributed by atoms with Crippen molar-refractivity contribution in [1.29, 1.82) is 0 Å². The molecule has 4 nitrogen and oxygen atoms in total. The molecule has 2 N–H and O–H groups in total. The second kappa shape index (κ2) is 7.75. The van der Waals surface area contributed by atoms with Crippen LogP contribution >= 0.6 is 11.3 Å². The first-order chi connectivity index (χ1) is 10.6. The molecule has 0 fully saturated rings. The predicted octanol–water partition coefficient (Wildman–Crippen LogP) is 3.65. The third kappa shape index (κ3) is 4.18. The van der Waals surface area contributed by atoms with E-state index in [0.29, 0.717) is 12.0 Å². The number of carbonyl (C=O) groups is 2. The summed E-state index contributed by atoms with van der Waals surface area (Å²) in [5.74, 6) is -1.01. The number of thiophene rings is 1. The third-order valence-corrected chi connectivity index (χ3v) is 4.49. The number of hydrogen-bond acceptors (Lipinski definition) is 3. The maximum atomic E-state index is 12.1. The van der Waals surface area contributed by atoms with E-state index in [1.165, 1.54) is 0 Å². The number of carbonyl (C=O) groups excluding carboxylic acids is 1. The monoisotopic (exact) mass is 317 g/mol. The van der Waals surface area contributed by atoms with Gasteiger partial charge in [0.25, 0.3) is 0 Å².